The third-order valence-corrected chi connectivity index (χ3v) is 11.5. The highest BCUT2D eigenvalue weighted by Gasteiger charge is 2.63. The highest BCUT2D eigenvalue weighted by molar-refractivity contribution is 5.69. The molecule has 4 saturated carbocycles. The molecule has 0 aromatic rings. The Morgan fingerprint density at radius 3 is 2.40 bits per heavy atom. The largest absolute Gasteiger partial charge is 0.481 e. The SMILES string of the molecule is CCCCCC(=O)O[C@@H]1CC[C@@]2(C)C(C1)C[C@@H](O)[C@H]1[C@@H]3CC[C@H]([C@H](C)CCC(=O)O)[C@@]3(C)CC[C@@H]12. The molecule has 0 aliphatic heterocycles. The molecule has 4 aliphatic carbocycles. The Labute approximate surface area is 212 Å². The van der Waals surface area contributed by atoms with Crippen molar-refractivity contribution in [2.45, 2.75) is 130 Å². The van der Waals surface area contributed by atoms with Crippen molar-refractivity contribution in [2.24, 2.45) is 46.3 Å². The lowest BCUT2D eigenvalue weighted by Crippen LogP contribution is -2.58. The second kappa shape index (κ2) is 10.7. The quantitative estimate of drug-likeness (QED) is 0.281. The van der Waals surface area contributed by atoms with E-state index in [1.807, 2.05) is 0 Å². The number of carbonyl (C=O) groups excluding carboxylic acids is 1. The molecule has 5 heteroatoms. The Bertz CT molecular complexity index is 766. The summed E-state index contributed by atoms with van der Waals surface area (Å²) in [5.74, 6) is 2.13. The summed E-state index contributed by atoms with van der Waals surface area (Å²) < 4.78 is 5.91. The van der Waals surface area contributed by atoms with E-state index in [-0.39, 0.29) is 35.4 Å². The van der Waals surface area contributed by atoms with E-state index in [9.17, 15) is 19.8 Å². The number of aliphatic carboxylic acids is 1. The average molecular weight is 491 g/mol. The van der Waals surface area contributed by atoms with Crippen LogP contribution in [0.1, 0.15) is 118 Å². The molecule has 0 aromatic carbocycles. The third-order valence-electron chi connectivity index (χ3n) is 11.5. The Balaban J connectivity index is 1.42. The van der Waals surface area contributed by atoms with Gasteiger partial charge in [0, 0.05) is 12.8 Å². The van der Waals surface area contributed by atoms with Crippen LogP contribution in [-0.2, 0) is 14.3 Å². The van der Waals surface area contributed by atoms with Crippen LogP contribution in [0.5, 0.6) is 0 Å². The Kier molecular flexibility index (Phi) is 8.25. The molecule has 5 nitrogen and oxygen atoms in total. The van der Waals surface area contributed by atoms with Crippen LogP contribution < -0.4 is 0 Å². The summed E-state index contributed by atoms with van der Waals surface area (Å²) >= 11 is 0. The van der Waals surface area contributed by atoms with Crippen molar-refractivity contribution in [1.82, 2.24) is 0 Å². The predicted octanol–water partition coefficient (Wildman–Crippen LogP) is 6.61. The van der Waals surface area contributed by atoms with Crippen molar-refractivity contribution in [3.05, 3.63) is 0 Å². The number of aliphatic hydroxyl groups excluding tert-OH is 1. The Hall–Kier alpha value is -1.10. The number of ether oxygens (including phenoxy) is 1. The van der Waals surface area contributed by atoms with Gasteiger partial charge < -0.3 is 14.9 Å². The molecule has 4 aliphatic rings. The molecule has 2 N–H and O–H groups in total. The molecule has 0 aromatic heterocycles. The minimum Gasteiger partial charge on any atom is -0.481 e. The number of esters is 1. The van der Waals surface area contributed by atoms with E-state index < -0.39 is 5.97 Å². The second-order valence-corrected chi connectivity index (χ2v) is 13.3. The lowest BCUT2D eigenvalue weighted by Gasteiger charge is -2.62. The van der Waals surface area contributed by atoms with Gasteiger partial charge in [-0.15, -0.1) is 0 Å². The van der Waals surface area contributed by atoms with Crippen molar-refractivity contribution in [2.75, 3.05) is 0 Å². The van der Waals surface area contributed by atoms with Crippen LogP contribution in [0.25, 0.3) is 0 Å². The molecule has 4 fully saturated rings. The van der Waals surface area contributed by atoms with E-state index in [1.165, 1.54) is 25.7 Å². The molecule has 0 spiro atoms. The molecule has 0 saturated heterocycles. The maximum absolute atomic E-state index is 12.3. The van der Waals surface area contributed by atoms with E-state index in [0.717, 1.165) is 51.4 Å². The topological polar surface area (TPSA) is 83.8 Å². The Morgan fingerprint density at radius 2 is 1.69 bits per heavy atom. The maximum atomic E-state index is 12.3. The molecule has 4 rings (SSSR count). The van der Waals surface area contributed by atoms with Crippen molar-refractivity contribution >= 4 is 11.9 Å². The molecule has 10 atom stereocenters. The standard InChI is InChI=1S/C30H50O5/c1-5-6-7-8-27(34)35-21-13-15-29(3)20(17-21)18-25(31)28-23-11-10-22(19(2)9-12-26(32)33)30(23,4)16-14-24(28)29/h19-25,28,31H,5-18H2,1-4H3,(H,32,33)/t19-,20?,21-,22-,23+,24+,25-,28+,29+,30-/m1/s1. The van der Waals surface area contributed by atoms with Crippen LogP contribution >= 0.6 is 0 Å². The summed E-state index contributed by atoms with van der Waals surface area (Å²) in [4.78, 5) is 23.5. The molecule has 35 heavy (non-hydrogen) atoms. The molecular weight excluding hydrogens is 440 g/mol. The highest BCUT2D eigenvalue weighted by Crippen LogP contribution is 2.68. The van der Waals surface area contributed by atoms with E-state index in [1.54, 1.807) is 0 Å². The van der Waals surface area contributed by atoms with E-state index >= 15 is 0 Å². The third kappa shape index (κ3) is 5.18. The average Bonchev–Trinajstić information content (AvgIpc) is 3.16. The first-order valence-electron chi connectivity index (χ1n) is 14.7. The number of carboxylic acids is 1. The molecule has 0 heterocycles. The van der Waals surface area contributed by atoms with Crippen molar-refractivity contribution in [1.29, 1.82) is 0 Å². The minimum atomic E-state index is -0.691. The van der Waals surface area contributed by atoms with Gasteiger partial charge in [-0.25, -0.2) is 0 Å². The van der Waals surface area contributed by atoms with E-state index in [4.69, 9.17) is 4.74 Å². The molecule has 0 bridgehead atoms. The van der Waals surface area contributed by atoms with Crippen LogP contribution in [0.3, 0.4) is 0 Å². The summed E-state index contributed by atoms with van der Waals surface area (Å²) in [7, 11) is 0. The monoisotopic (exact) mass is 490 g/mol. The summed E-state index contributed by atoms with van der Waals surface area (Å²) in [6.07, 6.45) is 12.9. The highest BCUT2D eigenvalue weighted by atomic mass is 16.5. The van der Waals surface area contributed by atoms with Crippen LogP contribution in [-0.4, -0.2) is 34.4 Å². The summed E-state index contributed by atoms with van der Waals surface area (Å²) in [5.41, 5.74) is 0.442. The van der Waals surface area contributed by atoms with Gasteiger partial charge >= 0.3 is 11.9 Å². The van der Waals surface area contributed by atoms with Gasteiger partial charge in [0.15, 0.2) is 0 Å². The zero-order valence-corrected chi connectivity index (χ0v) is 22.6. The van der Waals surface area contributed by atoms with Gasteiger partial charge in [-0.05, 0) is 111 Å². The first-order valence-corrected chi connectivity index (χ1v) is 14.7. The van der Waals surface area contributed by atoms with Gasteiger partial charge in [0.05, 0.1) is 6.10 Å². The lowest BCUT2D eigenvalue weighted by atomic mass is 9.43. The first-order chi connectivity index (χ1) is 16.6. The fraction of sp³-hybridized carbons (Fsp3) is 0.933. The van der Waals surface area contributed by atoms with E-state index in [2.05, 4.69) is 27.7 Å². The number of fused-ring (bicyclic) bond motifs is 5. The maximum Gasteiger partial charge on any atom is 0.306 e. The zero-order valence-electron chi connectivity index (χ0n) is 22.6. The molecular formula is C30H50O5. The minimum absolute atomic E-state index is 0.0192. The predicted molar refractivity (Wildman–Crippen MR) is 137 cm³/mol. The fourth-order valence-electron chi connectivity index (χ4n) is 9.58. The van der Waals surface area contributed by atoms with Crippen LogP contribution in [0.15, 0.2) is 0 Å². The van der Waals surface area contributed by atoms with Crippen molar-refractivity contribution < 1.29 is 24.5 Å². The fourth-order valence-corrected chi connectivity index (χ4v) is 9.58. The van der Waals surface area contributed by atoms with Crippen LogP contribution in [0, 0.1) is 46.3 Å². The second-order valence-electron chi connectivity index (χ2n) is 13.3. The number of unbranched alkanes of at least 4 members (excludes halogenated alkanes) is 2. The van der Waals surface area contributed by atoms with Gasteiger partial charge in [0.1, 0.15) is 6.10 Å². The number of carbonyl (C=O) groups is 2. The number of hydrogen-bond acceptors (Lipinski definition) is 4. The van der Waals surface area contributed by atoms with Crippen LogP contribution in [0.4, 0.5) is 0 Å². The molecule has 0 amide bonds. The van der Waals surface area contributed by atoms with Crippen molar-refractivity contribution in [3.63, 3.8) is 0 Å². The summed E-state index contributed by atoms with van der Waals surface area (Å²) in [5, 5.41) is 20.7. The normalized spacial score (nSPS) is 43.5. The molecule has 200 valence electrons. The number of aliphatic hydroxyl groups is 1. The van der Waals surface area contributed by atoms with Gasteiger partial charge in [-0.1, -0.05) is 40.5 Å². The number of rotatable bonds is 9. The molecule has 0 radical (unpaired) electrons. The zero-order chi connectivity index (χ0) is 25.4. The van der Waals surface area contributed by atoms with Crippen molar-refractivity contribution in [3.8, 4) is 0 Å². The summed E-state index contributed by atoms with van der Waals surface area (Å²) in [6, 6.07) is 0. The van der Waals surface area contributed by atoms with Gasteiger partial charge in [-0.2, -0.15) is 0 Å². The molecule has 1 unspecified atom stereocenters. The van der Waals surface area contributed by atoms with Crippen LogP contribution in [0.2, 0.25) is 0 Å². The Morgan fingerprint density at radius 1 is 0.971 bits per heavy atom. The summed E-state index contributed by atoms with van der Waals surface area (Å²) in [6.45, 7) is 9.34. The number of hydrogen-bond donors (Lipinski definition) is 2. The smallest absolute Gasteiger partial charge is 0.306 e. The van der Waals surface area contributed by atoms with Gasteiger partial charge in [0.25, 0.3) is 0 Å². The first kappa shape index (κ1) is 26.9. The number of carboxylic acid groups (broad SMARTS) is 1. The van der Waals surface area contributed by atoms with Gasteiger partial charge in [-0.3, -0.25) is 9.59 Å². The van der Waals surface area contributed by atoms with Gasteiger partial charge in [0.2, 0.25) is 0 Å². The van der Waals surface area contributed by atoms with E-state index in [0.29, 0.717) is 41.9 Å². The lowest BCUT2D eigenvalue weighted by molar-refractivity contribution is -0.183.